The van der Waals surface area contributed by atoms with Crippen LogP contribution in [0.4, 0.5) is 0 Å². The number of benzene rings is 1. The summed E-state index contributed by atoms with van der Waals surface area (Å²) < 4.78 is 26.9. The quantitative estimate of drug-likeness (QED) is 0.772. The molecule has 1 aromatic carbocycles. The molecule has 1 aliphatic heterocycles. The third-order valence-corrected chi connectivity index (χ3v) is 7.44. The first-order valence-electron chi connectivity index (χ1n) is 9.58. The SMILES string of the molecule is Cl.NC1(C(=O)NCc2ccc(S(=O)(=O)N3CCCCC3)cc2)CCCCC1. The minimum absolute atomic E-state index is 0. The second-order valence-electron chi connectivity index (χ2n) is 7.51. The molecule has 1 saturated carbocycles. The van der Waals surface area contributed by atoms with Crippen LogP contribution in [0.1, 0.15) is 56.9 Å². The van der Waals surface area contributed by atoms with E-state index in [1.165, 1.54) is 0 Å². The van der Waals surface area contributed by atoms with Crippen LogP contribution in [-0.4, -0.2) is 37.3 Å². The van der Waals surface area contributed by atoms with Crippen molar-refractivity contribution in [3.63, 3.8) is 0 Å². The average Bonchev–Trinajstić information content (AvgIpc) is 2.67. The Hall–Kier alpha value is -1.15. The molecule has 3 rings (SSSR count). The predicted octanol–water partition coefficient (Wildman–Crippen LogP) is 2.56. The molecule has 6 nitrogen and oxygen atoms in total. The molecular formula is C19H30ClN3O3S. The zero-order valence-electron chi connectivity index (χ0n) is 15.7. The highest BCUT2D eigenvalue weighted by Gasteiger charge is 2.35. The fraction of sp³-hybridized carbons (Fsp3) is 0.632. The lowest BCUT2D eigenvalue weighted by Crippen LogP contribution is -2.54. The van der Waals surface area contributed by atoms with Crippen LogP contribution in [0.25, 0.3) is 0 Å². The number of amides is 1. The Balaban J connectivity index is 0.00000261. The van der Waals surface area contributed by atoms with Crippen LogP contribution < -0.4 is 11.1 Å². The van der Waals surface area contributed by atoms with Crippen LogP contribution in [0, 0.1) is 0 Å². The molecule has 2 aliphatic rings. The predicted molar refractivity (Wildman–Crippen MR) is 108 cm³/mol. The smallest absolute Gasteiger partial charge is 0.243 e. The first-order chi connectivity index (χ1) is 12.4. The number of sulfonamides is 1. The molecule has 1 aromatic rings. The Morgan fingerprint density at radius 1 is 1.00 bits per heavy atom. The van der Waals surface area contributed by atoms with E-state index in [0.29, 0.717) is 24.5 Å². The Labute approximate surface area is 168 Å². The van der Waals surface area contributed by atoms with E-state index in [9.17, 15) is 13.2 Å². The van der Waals surface area contributed by atoms with E-state index in [0.717, 1.165) is 56.9 Å². The fourth-order valence-corrected chi connectivity index (χ4v) is 5.32. The van der Waals surface area contributed by atoms with Gasteiger partial charge in [-0.2, -0.15) is 4.31 Å². The van der Waals surface area contributed by atoms with Crippen molar-refractivity contribution >= 4 is 28.3 Å². The topological polar surface area (TPSA) is 92.5 Å². The van der Waals surface area contributed by atoms with Gasteiger partial charge in [-0.15, -0.1) is 12.4 Å². The second-order valence-corrected chi connectivity index (χ2v) is 9.45. The summed E-state index contributed by atoms with van der Waals surface area (Å²) in [4.78, 5) is 12.7. The number of nitrogens with one attached hydrogen (secondary N) is 1. The molecule has 8 heteroatoms. The van der Waals surface area contributed by atoms with Gasteiger partial charge in [0.15, 0.2) is 0 Å². The summed E-state index contributed by atoms with van der Waals surface area (Å²) >= 11 is 0. The summed E-state index contributed by atoms with van der Waals surface area (Å²) in [5.41, 5.74) is 6.35. The summed E-state index contributed by atoms with van der Waals surface area (Å²) in [5, 5.41) is 2.91. The number of nitrogens with zero attached hydrogens (tertiary/aromatic N) is 1. The number of rotatable bonds is 5. The second kappa shape index (κ2) is 9.37. The molecule has 0 aromatic heterocycles. The van der Waals surface area contributed by atoms with Crippen LogP contribution in [0.3, 0.4) is 0 Å². The first-order valence-corrected chi connectivity index (χ1v) is 11.0. The average molecular weight is 416 g/mol. The van der Waals surface area contributed by atoms with Gasteiger partial charge < -0.3 is 11.1 Å². The minimum Gasteiger partial charge on any atom is -0.350 e. The molecule has 0 bridgehead atoms. The van der Waals surface area contributed by atoms with Crippen LogP contribution in [-0.2, 0) is 21.4 Å². The number of hydrogen-bond donors (Lipinski definition) is 2. The van der Waals surface area contributed by atoms with Gasteiger partial charge in [0.2, 0.25) is 15.9 Å². The lowest BCUT2D eigenvalue weighted by atomic mass is 9.82. The zero-order valence-corrected chi connectivity index (χ0v) is 17.3. The molecule has 3 N–H and O–H groups in total. The molecule has 1 amide bonds. The zero-order chi connectivity index (χ0) is 18.6. The molecule has 0 unspecified atom stereocenters. The number of hydrogen-bond acceptors (Lipinski definition) is 4. The number of carbonyl (C=O) groups is 1. The van der Waals surface area contributed by atoms with Crippen LogP contribution >= 0.6 is 12.4 Å². The maximum absolute atomic E-state index is 12.7. The highest BCUT2D eigenvalue weighted by Crippen LogP contribution is 2.26. The van der Waals surface area contributed by atoms with Gasteiger partial charge in [-0.25, -0.2) is 8.42 Å². The van der Waals surface area contributed by atoms with E-state index in [4.69, 9.17) is 5.73 Å². The molecule has 2 fully saturated rings. The normalized spacial score (nSPS) is 20.5. The number of halogens is 1. The lowest BCUT2D eigenvalue weighted by Gasteiger charge is -2.31. The van der Waals surface area contributed by atoms with Crippen molar-refractivity contribution in [2.24, 2.45) is 5.73 Å². The van der Waals surface area contributed by atoms with Gasteiger partial charge in [-0.05, 0) is 43.4 Å². The summed E-state index contributed by atoms with van der Waals surface area (Å²) in [6.45, 7) is 1.55. The van der Waals surface area contributed by atoms with E-state index in [-0.39, 0.29) is 18.3 Å². The van der Waals surface area contributed by atoms with Gasteiger partial charge in [-0.3, -0.25) is 4.79 Å². The van der Waals surface area contributed by atoms with Crippen molar-refractivity contribution in [3.8, 4) is 0 Å². The molecule has 1 aliphatic carbocycles. The summed E-state index contributed by atoms with van der Waals surface area (Å²) in [6.07, 6.45) is 7.51. The highest BCUT2D eigenvalue weighted by molar-refractivity contribution is 7.89. The van der Waals surface area contributed by atoms with Gasteiger partial charge >= 0.3 is 0 Å². The molecular weight excluding hydrogens is 386 g/mol. The molecule has 0 spiro atoms. The van der Waals surface area contributed by atoms with Crippen molar-refractivity contribution in [3.05, 3.63) is 29.8 Å². The van der Waals surface area contributed by atoms with Crippen molar-refractivity contribution in [1.82, 2.24) is 9.62 Å². The van der Waals surface area contributed by atoms with Gasteiger partial charge in [0, 0.05) is 19.6 Å². The Morgan fingerprint density at radius 3 is 2.15 bits per heavy atom. The third-order valence-electron chi connectivity index (χ3n) is 5.53. The standard InChI is InChI=1S/C19H29N3O3S.ClH/c20-19(11-3-1-4-12-19)18(23)21-15-16-7-9-17(10-8-16)26(24,25)22-13-5-2-6-14-22;/h7-10H,1-6,11-15,20H2,(H,21,23);1H. The molecule has 0 radical (unpaired) electrons. The van der Waals surface area contributed by atoms with Crippen LogP contribution in [0.2, 0.25) is 0 Å². The van der Waals surface area contributed by atoms with Gasteiger partial charge in [0.05, 0.1) is 10.4 Å². The maximum atomic E-state index is 12.7. The Bertz CT molecular complexity index is 725. The minimum atomic E-state index is -3.41. The van der Waals surface area contributed by atoms with Crippen molar-refractivity contribution in [1.29, 1.82) is 0 Å². The molecule has 152 valence electrons. The largest absolute Gasteiger partial charge is 0.350 e. The molecule has 1 heterocycles. The highest BCUT2D eigenvalue weighted by atomic mass is 35.5. The number of carbonyl (C=O) groups excluding carboxylic acids is 1. The van der Waals surface area contributed by atoms with E-state index < -0.39 is 15.6 Å². The molecule has 1 saturated heterocycles. The first kappa shape index (κ1) is 22.1. The van der Waals surface area contributed by atoms with Crippen LogP contribution in [0.5, 0.6) is 0 Å². The van der Waals surface area contributed by atoms with Gasteiger partial charge in [-0.1, -0.05) is 37.8 Å². The van der Waals surface area contributed by atoms with Gasteiger partial charge in [0.25, 0.3) is 0 Å². The van der Waals surface area contributed by atoms with Gasteiger partial charge in [0.1, 0.15) is 0 Å². The molecule has 27 heavy (non-hydrogen) atoms. The summed E-state index contributed by atoms with van der Waals surface area (Å²) in [6, 6.07) is 6.79. The van der Waals surface area contributed by atoms with Crippen LogP contribution in [0.15, 0.2) is 29.2 Å². The maximum Gasteiger partial charge on any atom is 0.243 e. The van der Waals surface area contributed by atoms with E-state index >= 15 is 0 Å². The van der Waals surface area contributed by atoms with E-state index in [1.807, 2.05) is 0 Å². The summed E-state index contributed by atoms with van der Waals surface area (Å²) in [7, 11) is -3.41. The van der Waals surface area contributed by atoms with Crippen molar-refractivity contribution in [2.45, 2.75) is 68.3 Å². The van der Waals surface area contributed by atoms with E-state index in [1.54, 1.807) is 28.6 Å². The number of nitrogens with two attached hydrogens (primary N) is 1. The fourth-order valence-electron chi connectivity index (χ4n) is 3.80. The molecule has 0 atom stereocenters. The van der Waals surface area contributed by atoms with Crippen molar-refractivity contribution in [2.75, 3.05) is 13.1 Å². The Morgan fingerprint density at radius 2 is 1.56 bits per heavy atom. The van der Waals surface area contributed by atoms with Crippen molar-refractivity contribution < 1.29 is 13.2 Å². The Kier molecular flexibility index (Phi) is 7.68. The summed E-state index contributed by atoms with van der Waals surface area (Å²) in [5.74, 6) is -0.109. The monoisotopic (exact) mass is 415 g/mol. The van der Waals surface area contributed by atoms with E-state index in [2.05, 4.69) is 5.32 Å². The lowest BCUT2D eigenvalue weighted by molar-refractivity contribution is -0.127. The number of piperidine rings is 1. The third kappa shape index (κ3) is 5.22.